The van der Waals surface area contributed by atoms with Gasteiger partial charge >= 0.3 is 5.97 Å². The Bertz CT molecular complexity index is 644. The molecule has 4 heteroatoms. The first-order chi connectivity index (χ1) is 12.3. The van der Waals surface area contributed by atoms with E-state index < -0.39 is 0 Å². The third-order valence-corrected chi connectivity index (χ3v) is 4.48. The zero-order chi connectivity index (χ0) is 17.3. The molecule has 3 rings (SSSR count). The number of ether oxygens (including phenoxy) is 2. The number of para-hydroxylation sites is 1. The highest BCUT2D eigenvalue weighted by Gasteiger charge is 2.33. The van der Waals surface area contributed by atoms with Crippen LogP contribution in [0.2, 0.25) is 0 Å². The van der Waals surface area contributed by atoms with E-state index in [1.54, 1.807) is 6.26 Å². The van der Waals surface area contributed by atoms with E-state index in [0.29, 0.717) is 12.4 Å². The van der Waals surface area contributed by atoms with Crippen molar-refractivity contribution >= 4 is 5.97 Å². The molecule has 1 aromatic carbocycles. The van der Waals surface area contributed by atoms with Crippen molar-refractivity contribution < 1.29 is 18.7 Å². The first kappa shape index (κ1) is 17.7. The first-order valence-electron chi connectivity index (χ1n) is 9.26. The topological polar surface area (TPSA) is 52.0 Å². The van der Waals surface area contributed by atoms with Crippen LogP contribution >= 0.6 is 0 Å². The monoisotopic (exact) mass is 342 g/mol. The van der Waals surface area contributed by atoms with E-state index in [9.17, 15) is 4.79 Å². The van der Waals surface area contributed by atoms with Crippen LogP contribution in [0.3, 0.4) is 0 Å². The zero-order valence-corrected chi connectivity index (χ0v) is 14.6. The summed E-state index contributed by atoms with van der Waals surface area (Å²) in [5.74, 6) is 1.49. The summed E-state index contributed by atoms with van der Waals surface area (Å²) in [4.78, 5) is 11.7. The standard InChI is InChI=1S/C21H26O4/c22-21(20-16-24-20)25-19-14-8-7-11-17(19)10-5-3-1-2-4-6-12-18-13-9-15-23-18/h7-9,11,13-15,20H,1-6,10,12,16H2. The van der Waals surface area contributed by atoms with E-state index in [1.807, 2.05) is 36.4 Å². The fraction of sp³-hybridized carbons (Fsp3) is 0.476. The number of carbonyl (C=O) groups is 1. The number of epoxide rings is 1. The number of unbranched alkanes of at least 4 members (excludes halogenated alkanes) is 5. The fourth-order valence-corrected chi connectivity index (χ4v) is 2.94. The summed E-state index contributed by atoms with van der Waals surface area (Å²) in [6, 6.07) is 11.8. The van der Waals surface area contributed by atoms with Gasteiger partial charge in [-0.05, 0) is 43.0 Å². The van der Waals surface area contributed by atoms with Gasteiger partial charge in [0.15, 0.2) is 6.10 Å². The number of benzene rings is 1. The minimum Gasteiger partial charge on any atom is -0.469 e. The second-order valence-electron chi connectivity index (χ2n) is 6.55. The molecule has 1 aliphatic rings. The molecule has 0 amide bonds. The molecule has 0 N–H and O–H groups in total. The number of aryl methyl sites for hydroxylation is 2. The van der Waals surface area contributed by atoms with E-state index in [1.165, 1.54) is 32.1 Å². The van der Waals surface area contributed by atoms with Gasteiger partial charge in [0.1, 0.15) is 11.5 Å². The molecule has 0 radical (unpaired) electrons. The number of hydrogen-bond acceptors (Lipinski definition) is 4. The normalized spacial score (nSPS) is 15.9. The van der Waals surface area contributed by atoms with Crippen LogP contribution in [0, 0.1) is 0 Å². The van der Waals surface area contributed by atoms with Gasteiger partial charge in [0, 0.05) is 6.42 Å². The smallest absolute Gasteiger partial charge is 0.343 e. The molecule has 0 bridgehead atoms. The van der Waals surface area contributed by atoms with Crippen molar-refractivity contribution in [3.05, 3.63) is 54.0 Å². The Balaban J connectivity index is 1.29. The summed E-state index contributed by atoms with van der Waals surface area (Å²) in [5.41, 5.74) is 1.11. The Hall–Kier alpha value is -2.07. The van der Waals surface area contributed by atoms with Crippen molar-refractivity contribution in [1.82, 2.24) is 0 Å². The van der Waals surface area contributed by atoms with Crippen LogP contribution in [0.1, 0.15) is 49.8 Å². The predicted octanol–water partition coefficient (Wildman–Crippen LogP) is 4.71. The second-order valence-corrected chi connectivity index (χ2v) is 6.55. The molecule has 25 heavy (non-hydrogen) atoms. The molecule has 1 saturated heterocycles. The van der Waals surface area contributed by atoms with Crippen molar-refractivity contribution in [3.63, 3.8) is 0 Å². The van der Waals surface area contributed by atoms with Gasteiger partial charge in [-0.25, -0.2) is 4.79 Å². The van der Waals surface area contributed by atoms with Crippen LogP contribution in [-0.4, -0.2) is 18.7 Å². The van der Waals surface area contributed by atoms with Gasteiger partial charge in [-0.15, -0.1) is 0 Å². The van der Waals surface area contributed by atoms with E-state index in [4.69, 9.17) is 13.9 Å². The lowest BCUT2D eigenvalue weighted by Crippen LogP contribution is -2.15. The molecule has 1 atom stereocenters. The quantitative estimate of drug-likeness (QED) is 0.257. The fourth-order valence-electron chi connectivity index (χ4n) is 2.94. The summed E-state index contributed by atoms with van der Waals surface area (Å²) in [6.45, 7) is 0.487. The van der Waals surface area contributed by atoms with Crippen molar-refractivity contribution in [2.45, 2.75) is 57.5 Å². The first-order valence-corrected chi connectivity index (χ1v) is 9.26. The molecule has 1 unspecified atom stereocenters. The molecule has 2 aromatic rings. The molecule has 0 spiro atoms. The maximum atomic E-state index is 11.7. The molecule has 1 aliphatic heterocycles. The summed E-state index contributed by atoms with van der Waals surface area (Å²) in [5, 5.41) is 0. The molecule has 134 valence electrons. The number of carbonyl (C=O) groups excluding carboxylic acids is 1. The van der Waals surface area contributed by atoms with Gasteiger partial charge in [-0.1, -0.05) is 43.9 Å². The highest BCUT2D eigenvalue weighted by Crippen LogP contribution is 2.23. The number of rotatable bonds is 11. The SMILES string of the molecule is O=C(Oc1ccccc1CCCCCCCCc1ccco1)C1CO1. The molecule has 0 aliphatic carbocycles. The van der Waals surface area contributed by atoms with Crippen LogP contribution in [0.25, 0.3) is 0 Å². The van der Waals surface area contributed by atoms with E-state index in [-0.39, 0.29) is 12.1 Å². The van der Waals surface area contributed by atoms with E-state index >= 15 is 0 Å². The van der Waals surface area contributed by atoms with Gasteiger partial charge in [0.25, 0.3) is 0 Å². The van der Waals surface area contributed by atoms with Crippen LogP contribution < -0.4 is 4.74 Å². The predicted molar refractivity (Wildman–Crippen MR) is 95.6 cm³/mol. The van der Waals surface area contributed by atoms with Crippen molar-refractivity contribution in [2.75, 3.05) is 6.61 Å². The third kappa shape index (κ3) is 6.05. The average molecular weight is 342 g/mol. The van der Waals surface area contributed by atoms with Crippen molar-refractivity contribution in [1.29, 1.82) is 0 Å². The van der Waals surface area contributed by atoms with Gasteiger partial charge in [0.2, 0.25) is 0 Å². The molecular formula is C21H26O4. The van der Waals surface area contributed by atoms with Gasteiger partial charge < -0.3 is 13.9 Å². The lowest BCUT2D eigenvalue weighted by molar-refractivity contribution is -0.135. The maximum absolute atomic E-state index is 11.7. The van der Waals surface area contributed by atoms with Crippen LogP contribution in [0.15, 0.2) is 47.1 Å². The van der Waals surface area contributed by atoms with Crippen LogP contribution in [0.5, 0.6) is 5.75 Å². The summed E-state index contributed by atoms with van der Waals surface area (Å²) >= 11 is 0. The highest BCUT2D eigenvalue weighted by atomic mass is 16.6. The lowest BCUT2D eigenvalue weighted by Gasteiger charge is -2.09. The van der Waals surface area contributed by atoms with Crippen LogP contribution in [0.4, 0.5) is 0 Å². The molecular weight excluding hydrogens is 316 g/mol. The second kappa shape index (κ2) is 9.42. The largest absolute Gasteiger partial charge is 0.469 e. The Kier molecular flexibility index (Phi) is 6.69. The summed E-state index contributed by atoms with van der Waals surface area (Å²) in [7, 11) is 0. The third-order valence-electron chi connectivity index (χ3n) is 4.48. The minimum atomic E-state index is -0.353. The highest BCUT2D eigenvalue weighted by molar-refractivity contribution is 5.79. The number of esters is 1. The van der Waals surface area contributed by atoms with Gasteiger partial charge in [-0.3, -0.25) is 0 Å². The number of furan rings is 1. The maximum Gasteiger partial charge on any atom is 0.343 e. The molecule has 2 heterocycles. The average Bonchev–Trinajstić information content (AvgIpc) is 3.36. The Labute approximate surface area is 149 Å². The van der Waals surface area contributed by atoms with Gasteiger partial charge in [-0.2, -0.15) is 0 Å². The molecule has 1 aromatic heterocycles. The number of hydrogen-bond donors (Lipinski definition) is 0. The minimum absolute atomic E-state index is 0.274. The van der Waals surface area contributed by atoms with E-state index in [2.05, 4.69) is 0 Å². The Morgan fingerprint density at radius 3 is 2.40 bits per heavy atom. The lowest BCUT2D eigenvalue weighted by atomic mass is 10.0. The summed E-state index contributed by atoms with van der Waals surface area (Å²) in [6.07, 6.45) is 10.6. The molecule has 1 fully saturated rings. The zero-order valence-electron chi connectivity index (χ0n) is 14.6. The summed E-state index contributed by atoms with van der Waals surface area (Å²) < 4.78 is 15.8. The Morgan fingerprint density at radius 1 is 0.960 bits per heavy atom. The molecule has 0 saturated carbocycles. The Morgan fingerprint density at radius 2 is 1.68 bits per heavy atom. The van der Waals surface area contributed by atoms with Gasteiger partial charge in [0.05, 0.1) is 12.9 Å². The van der Waals surface area contributed by atoms with Crippen molar-refractivity contribution in [2.24, 2.45) is 0 Å². The van der Waals surface area contributed by atoms with E-state index in [0.717, 1.165) is 30.6 Å². The van der Waals surface area contributed by atoms with Crippen LogP contribution in [-0.2, 0) is 22.4 Å². The molecule has 4 nitrogen and oxygen atoms in total. The van der Waals surface area contributed by atoms with Crippen molar-refractivity contribution in [3.8, 4) is 5.75 Å².